The van der Waals surface area contributed by atoms with Gasteiger partial charge in [0.15, 0.2) is 0 Å². The summed E-state index contributed by atoms with van der Waals surface area (Å²) < 4.78 is 0. The summed E-state index contributed by atoms with van der Waals surface area (Å²) in [6.07, 6.45) is 2.59. The Morgan fingerprint density at radius 1 is 1.20 bits per heavy atom. The first-order valence-electron chi connectivity index (χ1n) is 8.06. The second kappa shape index (κ2) is 11.1. The highest BCUT2D eigenvalue weighted by molar-refractivity contribution is 7.80. The molecule has 0 bridgehead atoms. The summed E-state index contributed by atoms with van der Waals surface area (Å²) in [6, 6.07) is 5.72. The number of nitrogens with one attached hydrogen (secondary N) is 3. The summed E-state index contributed by atoms with van der Waals surface area (Å²) in [4.78, 5) is 35.6. The molecule has 7 nitrogen and oxygen atoms in total. The molecule has 1 aromatic carbocycles. The Balaban J connectivity index is 2.61. The monoisotopic (exact) mass is 364 g/mol. The summed E-state index contributed by atoms with van der Waals surface area (Å²) in [6.45, 7) is 2.43. The number of thiocarbonyl (C=S) groups is 1. The van der Waals surface area contributed by atoms with Gasteiger partial charge in [-0.15, -0.1) is 0 Å². The van der Waals surface area contributed by atoms with Gasteiger partial charge in [-0.25, -0.2) is 0 Å². The van der Waals surface area contributed by atoms with E-state index in [9.17, 15) is 14.4 Å². The van der Waals surface area contributed by atoms with E-state index in [1.807, 2.05) is 0 Å². The molecule has 1 rings (SSSR count). The third-order valence-electron chi connectivity index (χ3n) is 3.45. The lowest BCUT2D eigenvalue weighted by Crippen LogP contribution is -2.47. The first kappa shape index (κ1) is 20.6. The molecular weight excluding hydrogens is 340 g/mol. The maximum atomic E-state index is 12.3. The van der Waals surface area contributed by atoms with Gasteiger partial charge in [0.2, 0.25) is 5.91 Å². The number of nitrogens with two attached hydrogens (primary N) is 1. The number of rotatable bonds is 10. The van der Waals surface area contributed by atoms with Crippen LogP contribution >= 0.6 is 12.2 Å². The highest BCUT2D eigenvalue weighted by Gasteiger charge is 2.20. The van der Waals surface area contributed by atoms with Crippen LogP contribution in [0.25, 0.3) is 0 Å². The number of anilines is 1. The second-order valence-corrected chi connectivity index (χ2v) is 6.15. The number of hydrogen-bond acceptors (Lipinski definition) is 5. The van der Waals surface area contributed by atoms with Gasteiger partial charge in [0.1, 0.15) is 12.3 Å². The minimum absolute atomic E-state index is 0.0846. The Hall–Kier alpha value is -2.48. The highest BCUT2D eigenvalue weighted by Crippen LogP contribution is 2.07. The molecule has 0 fully saturated rings. The fourth-order valence-corrected chi connectivity index (χ4v) is 2.25. The summed E-state index contributed by atoms with van der Waals surface area (Å²) >= 11 is 4.93. The van der Waals surface area contributed by atoms with E-state index in [0.29, 0.717) is 30.5 Å². The number of amides is 2. The molecule has 5 N–H and O–H groups in total. The molecule has 0 saturated carbocycles. The molecular formula is C17H24N4O3S. The van der Waals surface area contributed by atoms with Crippen LogP contribution in [0.3, 0.4) is 0 Å². The molecule has 1 atom stereocenters. The zero-order valence-corrected chi connectivity index (χ0v) is 15.0. The van der Waals surface area contributed by atoms with Crippen LogP contribution in [0.5, 0.6) is 0 Å². The molecule has 0 radical (unpaired) electrons. The van der Waals surface area contributed by atoms with Crippen molar-refractivity contribution in [3.05, 3.63) is 29.8 Å². The molecule has 136 valence electrons. The predicted molar refractivity (Wildman–Crippen MR) is 101 cm³/mol. The number of nitrogen functional groups attached to an aromatic ring is 1. The molecule has 0 aliphatic heterocycles. The van der Waals surface area contributed by atoms with Crippen LogP contribution in [-0.4, -0.2) is 42.2 Å². The zero-order valence-electron chi connectivity index (χ0n) is 14.2. The Labute approximate surface area is 152 Å². The molecule has 0 heterocycles. The quantitative estimate of drug-likeness (QED) is 0.211. The van der Waals surface area contributed by atoms with Crippen molar-refractivity contribution in [3.63, 3.8) is 0 Å². The standard InChI is InChI=1S/C17H24N4O3S/c1-12(25)19-9-3-2-4-15(17(24)20-10-11-22)21-16(23)13-5-7-14(18)8-6-13/h5-8,11,15H,2-4,9-10,18H2,1H3,(H,19,25)(H,20,24)(H,21,23). The van der Waals surface area contributed by atoms with Crippen LogP contribution in [0.1, 0.15) is 36.5 Å². The molecule has 2 amide bonds. The van der Waals surface area contributed by atoms with Crippen molar-refractivity contribution >= 4 is 41.0 Å². The summed E-state index contributed by atoms with van der Waals surface area (Å²) in [5.74, 6) is -0.742. The number of unbranched alkanes of at least 4 members (excludes halogenated alkanes) is 1. The molecule has 8 heteroatoms. The van der Waals surface area contributed by atoms with Crippen LogP contribution in [0.2, 0.25) is 0 Å². The van der Waals surface area contributed by atoms with Crippen molar-refractivity contribution < 1.29 is 14.4 Å². The van der Waals surface area contributed by atoms with E-state index in [1.54, 1.807) is 31.2 Å². The molecule has 0 aromatic heterocycles. The average molecular weight is 364 g/mol. The van der Waals surface area contributed by atoms with Gasteiger partial charge in [0.25, 0.3) is 5.91 Å². The molecule has 0 spiro atoms. The number of hydrogen-bond donors (Lipinski definition) is 4. The molecule has 0 aliphatic carbocycles. The number of aldehydes is 1. The lowest BCUT2D eigenvalue weighted by Gasteiger charge is -2.18. The summed E-state index contributed by atoms with van der Waals surface area (Å²) in [7, 11) is 0. The maximum absolute atomic E-state index is 12.3. The van der Waals surface area contributed by atoms with Crippen molar-refractivity contribution in [1.29, 1.82) is 0 Å². The van der Waals surface area contributed by atoms with Gasteiger partial charge < -0.3 is 26.5 Å². The van der Waals surface area contributed by atoms with E-state index in [0.717, 1.165) is 17.8 Å². The third kappa shape index (κ3) is 8.25. The zero-order chi connectivity index (χ0) is 18.7. The molecule has 25 heavy (non-hydrogen) atoms. The van der Waals surface area contributed by atoms with E-state index < -0.39 is 6.04 Å². The van der Waals surface area contributed by atoms with Gasteiger partial charge in [-0.3, -0.25) is 9.59 Å². The van der Waals surface area contributed by atoms with E-state index in [-0.39, 0.29) is 18.4 Å². The van der Waals surface area contributed by atoms with Gasteiger partial charge in [-0.1, -0.05) is 12.2 Å². The molecule has 1 aromatic rings. The Morgan fingerprint density at radius 2 is 1.88 bits per heavy atom. The lowest BCUT2D eigenvalue weighted by atomic mass is 10.1. The average Bonchev–Trinajstić information content (AvgIpc) is 2.58. The minimum atomic E-state index is -0.710. The minimum Gasteiger partial charge on any atom is -0.399 e. The maximum Gasteiger partial charge on any atom is 0.251 e. The second-order valence-electron chi connectivity index (χ2n) is 5.54. The number of carbonyl (C=O) groups is 3. The van der Waals surface area contributed by atoms with Crippen molar-refractivity contribution in [2.24, 2.45) is 0 Å². The summed E-state index contributed by atoms with van der Waals surface area (Å²) in [5, 5.41) is 8.23. The molecule has 0 saturated heterocycles. The summed E-state index contributed by atoms with van der Waals surface area (Å²) in [5.41, 5.74) is 6.57. The topological polar surface area (TPSA) is 113 Å². The van der Waals surface area contributed by atoms with Crippen molar-refractivity contribution in [2.45, 2.75) is 32.2 Å². The lowest BCUT2D eigenvalue weighted by molar-refractivity contribution is -0.124. The van der Waals surface area contributed by atoms with Gasteiger partial charge in [0, 0.05) is 17.8 Å². The third-order valence-corrected chi connectivity index (χ3v) is 3.59. The van der Waals surface area contributed by atoms with Gasteiger partial charge >= 0.3 is 0 Å². The van der Waals surface area contributed by atoms with Crippen molar-refractivity contribution in [1.82, 2.24) is 16.0 Å². The normalized spacial score (nSPS) is 11.2. The fourth-order valence-electron chi connectivity index (χ4n) is 2.15. The number of carbonyl (C=O) groups excluding carboxylic acids is 3. The van der Waals surface area contributed by atoms with E-state index in [2.05, 4.69) is 16.0 Å². The highest BCUT2D eigenvalue weighted by atomic mass is 32.1. The Kier molecular flexibility index (Phi) is 9.16. The van der Waals surface area contributed by atoms with Crippen LogP contribution < -0.4 is 21.7 Å². The molecule has 1 unspecified atom stereocenters. The van der Waals surface area contributed by atoms with Crippen molar-refractivity contribution in [2.75, 3.05) is 18.8 Å². The van der Waals surface area contributed by atoms with Crippen LogP contribution in [0.4, 0.5) is 5.69 Å². The van der Waals surface area contributed by atoms with E-state index in [4.69, 9.17) is 18.0 Å². The number of benzene rings is 1. The first-order valence-corrected chi connectivity index (χ1v) is 8.47. The molecule has 0 aliphatic rings. The smallest absolute Gasteiger partial charge is 0.251 e. The van der Waals surface area contributed by atoms with Crippen LogP contribution in [0.15, 0.2) is 24.3 Å². The van der Waals surface area contributed by atoms with E-state index >= 15 is 0 Å². The Bertz CT molecular complexity index is 604. The van der Waals surface area contributed by atoms with Crippen LogP contribution in [-0.2, 0) is 9.59 Å². The largest absolute Gasteiger partial charge is 0.399 e. The van der Waals surface area contributed by atoms with Gasteiger partial charge in [-0.2, -0.15) is 0 Å². The van der Waals surface area contributed by atoms with Crippen LogP contribution in [0, 0.1) is 0 Å². The van der Waals surface area contributed by atoms with Gasteiger partial charge in [-0.05, 0) is 50.5 Å². The Morgan fingerprint density at radius 3 is 2.48 bits per heavy atom. The first-order chi connectivity index (χ1) is 11.9. The van der Waals surface area contributed by atoms with Crippen molar-refractivity contribution in [3.8, 4) is 0 Å². The van der Waals surface area contributed by atoms with Gasteiger partial charge in [0.05, 0.1) is 11.5 Å². The van der Waals surface area contributed by atoms with E-state index in [1.165, 1.54) is 0 Å². The SMILES string of the molecule is CC(=S)NCCCCC(NC(=O)c1ccc(N)cc1)C(=O)NCC=O. The fraction of sp³-hybridized carbons (Fsp3) is 0.412. The predicted octanol–water partition coefficient (Wildman–Crippen LogP) is 0.790.